The summed E-state index contributed by atoms with van der Waals surface area (Å²) in [6, 6.07) is 7.55. The summed E-state index contributed by atoms with van der Waals surface area (Å²) < 4.78 is 0. The first-order chi connectivity index (χ1) is 7.70. The van der Waals surface area contributed by atoms with E-state index in [-0.39, 0.29) is 0 Å². The third-order valence-electron chi connectivity index (χ3n) is 3.55. The van der Waals surface area contributed by atoms with Crippen molar-refractivity contribution in [1.82, 2.24) is 5.32 Å². The molecule has 1 aliphatic rings. The summed E-state index contributed by atoms with van der Waals surface area (Å²) in [6.07, 6.45) is 3.90. The Morgan fingerprint density at radius 2 is 1.94 bits per heavy atom. The predicted octanol–water partition coefficient (Wildman–Crippen LogP) is 3.26. The number of hydrogen-bond donors (Lipinski definition) is 1. The lowest BCUT2D eigenvalue weighted by Crippen LogP contribution is -2.30. The molecule has 1 N–H and O–H groups in total. The first kappa shape index (κ1) is 12.0. The van der Waals surface area contributed by atoms with Gasteiger partial charge in [0.15, 0.2) is 0 Å². The highest BCUT2D eigenvalue weighted by molar-refractivity contribution is 8.00. The summed E-state index contributed by atoms with van der Waals surface area (Å²) in [5.74, 6) is 0. The summed E-state index contributed by atoms with van der Waals surface area (Å²) in [5, 5.41) is 3.93. The van der Waals surface area contributed by atoms with Gasteiger partial charge in [-0.3, -0.25) is 0 Å². The summed E-state index contributed by atoms with van der Waals surface area (Å²) >= 11 is 1.98. The fourth-order valence-corrected chi connectivity index (χ4v) is 3.30. The van der Waals surface area contributed by atoms with Gasteiger partial charge in [0.25, 0.3) is 0 Å². The highest BCUT2D eigenvalue weighted by atomic mass is 32.2. The van der Waals surface area contributed by atoms with E-state index in [0.717, 1.165) is 0 Å². The molecule has 88 valence electrons. The summed E-state index contributed by atoms with van der Waals surface area (Å²) in [7, 11) is 2.03. The molecule has 2 rings (SSSR count). The number of fused-ring (bicyclic) bond motifs is 1. The zero-order chi connectivity index (χ0) is 11.5. The standard InChI is InChI=1S/C14H21NS/c1-10(15-3)11(2)16-14-8-7-12-5-4-6-13(12)9-14/h7-11,15H,4-6H2,1-3H3. The van der Waals surface area contributed by atoms with Crippen molar-refractivity contribution in [2.45, 2.75) is 49.3 Å². The Morgan fingerprint density at radius 3 is 2.69 bits per heavy atom. The van der Waals surface area contributed by atoms with Gasteiger partial charge in [0, 0.05) is 16.2 Å². The summed E-state index contributed by atoms with van der Waals surface area (Å²) in [5.41, 5.74) is 3.15. The van der Waals surface area contributed by atoms with E-state index in [1.807, 2.05) is 18.8 Å². The van der Waals surface area contributed by atoms with Crippen molar-refractivity contribution in [3.05, 3.63) is 29.3 Å². The molecule has 0 spiro atoms. The van der Waals surface area contributed by atoms with Crippen LogP contribution in [-0.4, -0.2) is 18.3 Å². The topological polar surface area (TPSA) is 12.0 Å². The summed E-state index contributed by atoms with van der Waals surface area (Å²) in [4.78, 5) is 1.43. The number of thioether (sulfide) groups is 1. The largest absolute Gasteiger partial charge is 0.316 e. The highest BCUT2D eigenvalue weighted by Crippen LogP contribution is 2.30. The van der Waals surface area contributed by atoms with Gasteiger partial charge in [-0.05, 0) is 56.5 Å². The average Bonchev–Trinajstić information content (AvgIpc) is 2.75. The molecule has 16 heavy (non-hydrogen) atoms. The van der Waals surface area contributed by atoms with Gasteiger partial charge in [0.05, 0.1) is 0 Å². The summed E-state index contributed by atoms with van der Waals surface area (Å²) in [6.45, 7) is 4.53. The maximum atomic E-state index is 3.32. The van der Waals surface area contributed by atoms with Gasteiger partial charge in [0.1, 0.15) is 0 Å². The zero-order valence-electron chi connectivity index (χ0n) is 10.4. The van der Waals surface area contributed by atoms with Gasteiger partial charge in [-0.15, -0.1) is 11.8 Å². The molecule has 0 bridgehead atoms. The van der Waals surface area contributed by atoms with Crippen LogP contribution in [0.4, 0.5) is 0 Å². The molecular formula is C14H21NS. The third kappa shape index (κ3) is 2.61. The molecule has 0 saturated heterocycles. The molecular weight excluding hydrogens is 214 g/mol. The second-order valence-corrected chi connectivity index (χ2v) is 6.14. The van der Waals surface area contributed by atoms with Gasteiger partial charge in [-0.25, -0.2) is 0 Å². The van der Waals surface area contributed by atoms with Crippen molar-refractivity contribution >= 4 is 11.8 Å². The number of benzene rings is 1. The van der Waals surface area contributed by atoms with E-state index in [2.05, 4.69) is 37.4 Å². The van der Waals surface area contributed by atoms with E-state index in [4.69, 9.17) is 0 Å². The average molecular weight is 235 g/mol. The van der Waals surface area contributed by atoms with E-state index in [0.29, 0.717) is 11.3 Å². The van der Waals surface area contributed by atoms with Crippen LogP contribution in [0, 0.1) is 0 Å². The van der Waals surface area contributed by atoms with Crippen LogP contribution in [0.25, 0.3) is 0 Å². The van der Waals surface area contributed by atoms with Gasteiger partial charge >= 0.3 is 0 Å². The second kappa shape index (κ2) is 5.24. The minimum Gasteiger partial charge on any atom is -0.316 e. The molecule has 2 heteroatoms. The number of aryl methyl sites for hydroxylation is 2. The van der Waals surface area contributed by atoms with Crippen molar-refractivity contribution in [2.75, 3.05) is 7.05 Å². The van der Waals surface area contributed by atoms with E-state index >= 15 is 0 Å². The molecule has 0 aliphatic heterocycles. The number of rotatable bonds is 4. The predicted molar refractivity (Wildman–Crippen MR) is 72.3 cm³/mol. The lowest BCUT2D eigenvalue weighted by molar-refractivity contribution is 0.605. The van der Waals surface area contributed by atoms with Crippen LogP contribution < -0.4 is 5.32 Å². The fourth-order valence-electron chi connectivity index (χ4n) is 2.17. The van der Waals surface area contributed by atoms with Crippen molar-refractivity contribution in [3.8, 4) is 0 Å². The van der Waals surface area contributed by atoms with Gasteiger partial charge in [-0.2, -0.15) is 0 Å². The minimum absolute atomic E-state index is 0.554. The lowest BCUT2D eigenvalue weighted by Gasteiger charge is -2.19. The molecule has 1 aromatic rings. The molecule has 0 saturated carbocycles. The Balaban J connectivity index is 2.05. The Hall–Kier alpha value is -0.470. The van der Waals surface area contributed by atoms with Crippen LogP contribution in [0.2, 0.25) is 0 Å². The first-order valence-electron chi connectivity index (χ1n) is 6.16. The maximum absolute atomic E-state index is 3.32. The van der Waals surface area contributed by atoms with Gasteiger partial charge in [-0.1, -0.05) is 13.0 Å². The van der Waals surface area contributed by atoms with E-state index in [1.54, 1.807) is 11.1 Å². The van der Waals surface area contributed by atoms with E-state index < -0.39 is 0 Å². The fraction of sp³-hybridized carbons (Fsp3) is 0.571. The zero-order valence-corrected chi connectivity index (χ0v) is 11.2. The molecule has 2 unspecified atom stereocenters. The molecule has 0 aromatic heterocycles. The molecule has 0 radical (unpaired) electrons. The molecule has 0 heterocycles. The third-order valence-corrected chi connectivity index (χ3v) is 4.86. The van der Waals surface area contributed by atoms with Crippen molar-refractivity contribution < 1.29 is 0 Å². The number of hydrogen-bond acceptors (Lipinski definition) is 2. The molecule has 1 aliphatic carbocycles. The van der Waals surface area contributed by atoms with Crippen LogP contribution in [0.3, 0.4) is 0 Å². The molecule has 0 fully saturated rings. The van der Waals surface area contributed by atoms with Crippen LogP contribution in [0.15, 0.2) is 23.1 Å². The lowest BCUT2D eigenvalue weighted by atomic mass is 10.1. The molecule has 0 amide bonds. The van der Waals surface area contributed by atoms with E-state index in [1.165, 1.54) is 24.2 Å². The van der Waals surface area contributed by atoms with E-state index in [9.17, 15) is 0 Å². The molecule has 2 atom stereocenters. The monoisotopic (exact) mass is 235 g/mol. The Kier molecular flexibility index (Phi) is 3.93. The molecule has 1 aromatic carbocycles. The van der Waals surface area contributed by atoms with Crippen molar-refractivity contribution in [3.63, 3.8) is 0 Å². The highest BCUT2D eigenvalue weighted by Gasteiger charge is 2.14. The first-order valence-corrected chi connectivity index (χ1v) is 7.04. The van der Waals surface area contributed by atoms with Crippen LogP contribution >= 0.6 is 11.8 Å². The maximum Gasteiger partial charge on any atom is 0.0217 e. The Bertz CT molecular complexity index is 362. The quantitative estimate of drug-likeness (QED) is 0.804. The van der Waals surface area contributed by atoms with Crippen LogP contribution in [-0.2, 0) is 12.8 Å². The normalized spacial score (nSPS) is 18.2. The number of nitrogens with one attached hydrogen (secondary N) is 1. The SMILES string of the molecule is CNC(C)C(C)Sc1ccc2c(c1)CCC2. The van der Waals surface area contributed by atoms with Crippen molar-refractivity contribution in [1.29, 1.82) is 0 Å². The Morgan fingerprint density at radius 1 is 1.19 bits per heavy atom. The Labute approximate surface area is 103 Å². The van der Waals surface area contributed by atoms with Crippen LogP contribution in [0.5, 0.6) is 0 Å². The van der Waals surface area contributed by atoms with Crippen LogP contribution in [0.1, 0.15) is 31.4 Å². The molecule has 1 nitrogen and oxygen atoms in total. The minimum atomic E-state index is 0.554. The second-order valence-electron chi connectivity index (χ2n) is 4.68. The van der Waals surface area contributed by atoms with Gasteiger partial charge < -0.3 is 5.32 Å². The van der Waals surface area contributed by atoms with Crippen molar-refractivity contribution in [2.24, 2.45) is 0 Å². The smallest absolute Gasteiger partial charge is 0.0217 e. The van der Waals surface area contributed by atoms with Gasteiger partial charge in [0.2, 0.25) is 0 Å².